The minimum absolute atomic E-state index is 0.0388. The van der Waals surface area contributed by atoms with Gasteiger partial charge in [0.1, 0.15) is 11.6 Å². The first-order chi connectivity index (χ1) is 12.1. The Kier molecular flexibility index (Phi) is 9.36. The number of benzene rings is 2. The van der Waals surface area contributed by atoms with Crippen molar-refractivity contribution in [1.82, 2.24) is 0 Å². The minimum Gasteiger partial charge on any atom is -0.508 e. The smallest absolute Gasteiger partial charge is 0.508 e. The van der Waals surface area contributed by atoms with Crippen molar-refractivity contribution >= 4 is 30.7 Å². The Hall–Kier alpha value is -1.72. The molecule has 0 radical (unpaired) electrons. The number of hydrogen-bond acceptors (Lipinski definition) is 8. The lowest BCUT2D eigenvalue weighted by atomic mass is 9.77. The molecule has 0 bridgehead atoms. The first-order valence-electron chi connectivity index (χ1n) is 7.84. The van der Waals surface area contributed by atoms with Crippen LogP contribution in [0.5, 0.6) is 5.75 Å². The van der Waals surface area contributed by atoms with E-state index in [0.717, 1.165) is 6.07 Å². The molecule has 0 spiro atoms. The van der Waals surface area contributed by atoms with Gasteiger partial charge in [0.2, 0.25) is 0 Å². The summed E-state index contributed by atoms with van der Waals surface area (Å²) in [4.78, 5) is 0. The van der Waals surface area contributed by atoms with Crippen LogP contribution >= 0.6 is 0 Å². The van der Waals surface area contributed by atoms with E-state index in [-0.39, 0.29) is 16.6 Å². The maximum Gasteiger partial charge on any atom is 0.631 e. The zero-order chi connectivity index (χ0) is 21.6. The Balaban J connectivity index is 0.000000476. The fourth-order valence-corrected chi connectivity index (χ4v) is 1.60. The maximum atomic E-state index is 13.4. The second kappa shape index (κ2) is 10.00. The van der Waals surface area contributed by atoms with Crippen molar-refractivity contribution in [1.29, 1.82) is 0 Å². The van der Waals surface area contributed by atoms with Crippen LogP contribution in [0.1, 0.15) is 27.7 Å². The van der Waals surface area contributed by atoms with Gasteiger partial charge in [-0.15, -0.1) is 0 Å². The summed E-state index contributed by atoms with van der Waals surface area (Å²) in [6.45, 7) is 6.31. The van der Waals surface area contributed by atoms with Crippen LogP contribution in [0.25, 0.3) is 10.8 Å². The number of phenolic OH excluding ortho intramolecular Hbond substituents is 1. The molecule has 8 N–H and O–H groups in total. The van der Waals surface area contributed by atoms with Crippen LogP contribution in [0.2, 0.25) is 0 Å². The first-order valence-corrected chi connectivity index (χ1v) is 7.84. The van der Waals surface area contributed by atoms with Gasteiger partial charge in [0.25, 0.3) is 0 Å². The molecule has 27 heavy (non-hydrogen) atoms. The molecule has 0 aliphatic carbocycles. The van der Waals surface area contributed by atoms with Gasteiger partial charge in [-0.3, -0.25) is 0 Å². The van der Waals surface area contributed by atoms with Gasteiger partial charge in [0.15, 0.2) is 0 Å². The number of halogens is 1. The van der Waals surface area contributed by atoms with E-state index in [0.29, 0.717) is 5.39 Å². The fourth-order valence-electron chi connectivity index (χ4n) is 1.60. The number of hydrogen-bond donors (Lipinski definition) is 8. The van der Waals surface area contributed by atoms with E-state index in [1.54, 1.807) is 33.8 Å². The van der Waals surface area contributed by atoms with Gasteiger partial charge in [-0.1, -0.05) is 12.1 Å². The number of fused-ring (bicyclic) bond motifs is 1. The van der Waals surface area contributed by atoms with Gasteiger partial charge in [-0.2, -0.15) is 0 Å². The van der Waals surface area contributed by atoms with Crippen molar-refractivity contribution in [2.75, 3.05) is 0 Å². The summed E-state index contributed by atoms with van der Waals surface area (Å²) in [6.07, 6.45) is 0. The minimum atomic E-state index is -2.17. The van der Waals surface area contributed by atoms with Crippen molar-refractivity contribution in [2.45, 2.75) is 38.9 Å². The summed E-state index contributed by atoms with van der Waals surface area (Å²) in [5, 5.41) is 67.7. The number of aliphatic hydroxyl groups is 2. The molecule has 0 aromatic heterocycles. The highest BCUT2D eigenvalue weighted by Gasteiger charge is 2.31. The van der Waals surface area contributed by atoms with Gasteiger partial charge < -0.3 is 40.4 Å². The SMILES string of the molecule is CC(C)(O)C(C)(C)O.OB(O)O.OB(O)c1cc(O)cc2cccc(F)c12. The Morgan fingerprint density at radius 2 is 1.30 bits per heavy atom. The summed E-state index contributed by atoms with van der Waals surface area (Å²) >= 11 is 0. The highest BCUT2D eigenvalue weighted by atomic mass is 19.1. The molecule has 2 aromatic carbocycles. The molecule has 0 saturated carbocycles. The Morgan fingerprint density at radius 1 is 0.852 bits per heavy atom. The Morgan fingerprint density at radius 3 is 1.67 bits per heavy atom. The highest BCUT2D eigenvalue weighted by Crippen LogP contribution is 2.21. The zero-order valence-electron chi connectivity index (χ0n) is 15.5. The third-order valence-corrected chi connectivity index (χ3v) is 3.72. The lowest BCUT2D eigenvalue weighted by molar-refractivity contribution is -0.107. The Bertz CT molecular complexity index is 712. The van der Waals surface area contributed by atoms with Gasteiger partial charge in [0.05, 0.1) is 11.2 Å². The summed E-state index contributed by atoms with van der Waals surface area (Å²) in [5.41, 5.74) is -2.05. The molecule has 0 atom stereocenters. The molecule has 2 rings (SSSR count). The van der Waals surface area contributed by atoms with Crippen LogP contribution in [-0.4, -0.2) is 66.1 Å². The molecule has 0 heterocycles. The topological polar surface area (TPSA) is 162 Å². The van der Waals surface area contributed by atoms with E-state index < -0.39 is 31.5 Å². The lowest BCUT2D eigenvalue weighted by Crippen LogP contribution is -2.44. The van der Waals surface area contributed by atoms with E-state index in [1.807, 2.05) is 0 Å². The van der Waals surface area contributed by atoms with Crippen LogP contribution in [-0.2, 0) is 0 Å². The largest absolute Gasteiger partial charge is 0.631 e. The standard InChI is InChI=1S/C10H8BFO3.C6H14O2.BH3O3/c12-9-3-1-2-6-4-7(13)5-8(10(6)9)11(14)15;1-5(2,7)6(3,4)8;2-1(3)4/h1-5,13-15H;7-8H,1-4H3;2-4H. The maximum absolute atomic E-state index is 13.4. The highest BCUT2D eigenvalue weighted by molar-refractivity contribution is 6.62. The van der Waals surface area contributed by atoms with Crippen LogP contribution in [0.4, 0.5) is 4.39 Å². The van der Waals surface area contributed by atoms with Crippen LogP contribution in [0.3, 0.4) is 0 Å². The monoisotopic (exact) mass is 386 g/mol. The van der Waals surface area contributed by atoms with Crippen molar-refractivity contribution in [2.24, 2.45) is 0 Å². The van der Waals surface area contributed by atoms with Crippen molar-refractivity contribution in [3.05, 3.63) is 36.1 Å². The fraction of sp³-hybridized carbons (Fsp3) is 0.375. The predicted octanol–water partition coefficient (Wildman–Crippen LogP) is -1.16. The summed E-state index contributed by atoms with van der Waals surface area (Å²) in [5.74, 6) is -0.674. The molecule has 0 fully saturated rings. The zero-order valence-corrected chi connectivity index (χ0v) is 15.5. The first kappa shape index (κ1) is 25.3. The molecule has 150 valence electrons. The second-order valence-corrected chi connectivity index (χ2v) is 6.71. The lowest BCUT2D eigenvalue weighted by Gasteiger charge is -2.31. The molecule has 8 nitrogen and oxygen atoms in total. The molecule has 0 saturated heterocycles. The third kappa shape index (κ3) is 8.67. The van der Waals surface area contributed by atoms with Gasteiger partial charge >= 0.3 is 14.4 Å². The average molecular weight is 386 g/mol. The van der Waals surface area contributed by atoms with Crippen LogP contribution < -0.4 is 5.46 Å². The van der Waals surface area contributed by atoms with Crippen molar-refractivity contribution in [3.8, 4) is 5.75 Å². The molecule has 0 aliphatic rings. The molecule has 0 unspecified atom stereocenters. The molecular formula is C16H25B2FO8. The van der Waals surface area contributed by atoms with E-state index >= 15 is 0 Å². The molecule has 2 aromatic rings. The molecule has 11 heteroatoms. The van der Waals surface area contributed by atoms with Crippen molar-refractivity contribution < 1.29 is 44.8 Å². The van der Waals surface area contributed by atoms with Crippen LogP contribution in [0.15, 0.2) is 30.3 Å². The van der Waals surface area contributed by atoms with Crippen LogP contribution in [0, 0.1) is 5.82 Å². The number of rotatable bonds is 2. The molecule has 0 aliphatic heterocycles. The van der Waals surface area contributed by atoms with E-state index in [4.69, 9.17) is 35.3 Å². The summed E-state index contributed by atoms with van der Waals surface area (Å²) in [7, 11) is -3.98. The number of aromatic hydroxyl groups is 1. The van der Waals surface area contributed by atoms with Gasteiger partial charge in [-0.05, 0) is 56.7 Å². The summed E-state index contributed by atoms with van der Waals surface area (Å²) < 4.78 is 13.4. The predicted molar refractivity (Wildman–Crippen MR) is 100 cm³/mol. The Labute approximate surface area is 157 Å². The normalized spacial score (nSPS) is 11.1. The summed E-state index contributed by atoms with van der Waals surface area (Å²) in [6, 6.07) is 6.81. The number of phenols is 1. The third-order valence-electron chi connectivity index (χ3n) is 3.72. The average Bonchev–Trinajstić information content (AvgIpc) is 2.44. The van der Waals surface area contributed by atoms with E-state index in [9.17, 15) is 9.50 Å². The van der Waals surface area contributed by atoms with E-state index in [2.05, 4.69) is 0 Å². The quantitative estimate of drug-likeness (QED) is 0.300. The second-order valence-electron chi connectivity index (χ2n) is 6.71. The van der Waals surface area contributed by atoms with E-state index in [1.165, 1.54) is 18.2 Å². The van der Waals surface area contributed by atoms with Gasteiger partial charge in [0, 0.05) is 5.39 Å². The molecule has 0 amide bonds. The molecular weight excluding hydrogens is 361 g/mol. The van der Waals surface area contributed by atoms with Gasteiger partial charge in [-0.25, -0.2) is 4.39 Å². The van der Waals surface area contributed by atoms with Crippen molar-refractivity contribution in [3.63, 3.8) is 0 Å².